The second-order valence-corrected chi connectivity index (χ2v) is 3.76. The van der Waals surface area contributed by atoms with Crippen LogP contribution in [0.25, 0.3) is 0 Å². The van der Waals surface area contributed by atoms with Crippen LogP contribution in [0.2, 0.25) is 0 Å². The smallest absolute Gasteiger partial charge is 0.0594 e. The van der Waals surface area contributed by atoms with Gasteiger partial charge < -0.3 is 9.64 Å². The third-order valence-electron chi connectivity index (χ3n) is 2.31. The van der Waals surface area contributed by atoms with Gasteiger partial charge in [0.05, 0.1) is 13.2 Å². The molecule has 3 heteroatoms. The Hall–Kier alpha value is -0.120. The maximum absolute atomic E-state index is 5.52. The molecule has 0 saturated carbocycles. The summed E-state index contributed by atoms with van der Waals surface area (Å²) in [5.74, 6) is 0. The Balaban J connectivity index is 1.76. The van der Waals surface area contributed by atoms with E-state index in [0.717, 1.165) is 26.3 Å². The summed E-state index contributed by atoms with van der Waals surface area (Å²) in [5, 5.41) is 0. The molecule has 0 aliphatic carbocycles. The predicted octanol–water partition coefficient (Wildman–Crippen LogP) is 0.660. The van der Waals surface area contributed by atoms with Crippen LogP contribution in [0.5, 0.6) is 0 Å². The molecule has 0 N–H and O–H groups in total. The number of rotatable bonds is 8. The van der Waals surface area contributed by atoms with Crippen LogP contribution in [0.4, 0.5) is 0 Å². The Morgan fingerprint density at radius 1 is 1.23 bits per heavy atom. The fourth-order valence-electron chi connectivity index (χ4n) is 1.30. The second-order valence-electron chi connectivity index (χ2n) is 3.76. The van der Waals surface area contributed by atoms with Gasteiger partial charge >= 0.3 is 0 Å². The van der Waals surface area contributed by atoms with Crippen molar-refractivity contribution in [1.82, 2.24) is 9.80 Å². The van der Waals surface area contributed by atoms with E-state index in [1.165, 1.54) is 26.1 Å². The molecule has 0 aromatic rings. The zero-order valence-corrected chi connectivity index (χ0v) is 8.96. The summed E-state index contributed by atoms with van der Waals surface area (Å²) in [7, 11) is 2.15. The highest BCUT2D eigenvalue weighted by Gasteiger charge is 2.15. The summed E-state index contributed by atoms with van der Waals surface area (Å²) in [6.07, 6.45) is 1.23. The van der Waals surface area contributed by atoms with Gasteiger partial charge in [0.2, 0.25) is 0 Å². The van der Waals surface area contributed by atoms with Gasteiger partial charge in [-0.1, -0.05) is 6.92 Å². The third kappa shape index (κ3) is 6.02. The van der Waals surface area contributed by atoms with Crippen molar-refractivity contribution in [3.8, 4) is 0 Å². The highest BCUT2D eigenvalue weighted by molar-refractivity contribution is 4.71. The first kappa shape index (κ1) is 11.0. The molecule has 0 unspecified atom stereocenters. The summed E-state index contributed by atoms with van der Waals surface area (Å²) in [4.78, 5) is 4.70. The van der Waals surface area contributed by atoms with Crippen molar-refractivity contribution in [2.45, 2.75) is 13.3 Å². The molecule has 1 heterocycles. The maximum atomic E-state index is 5.52. The number of likely N-dealkylation sites (N-methyl/N-ethyl adjacent to an activating group) is 1. The number of hydrogen-bond acceptors (Lipinski definition) is 3. The quantitative estimate of drug-likeness (QED) is 0.409. The summed E-state index contributed by atoms with van der Waals surface area (Å²) >= 11 is 0. The minimum Gasteiger partial charge on any atom is -0.379 e. The van der Waals surface area contributed by atoms with Gasteiger partial charge in [-0.05, 0) is 20.0 Å². The number of hydrogen-bond donors (Lipinski definition) is 0. The molecule has 0 aromatic heterocycles. The van der Waals surface area contributed by atoms with Crippen LogP contribution in [0.1, 0.15) is 13.3 Å². The van der Waals surface area contributed by atoms with Crippen molar-refractivity contribution in [2.75, 3.05) is 53.0 Å². The zero-order valence-electron chi connectivity index (χ0n) is 8.96. The van der Waals surface area contributed by atoms with Crippen LogP contribution in [-0.2, 0) is 4.74 Å². The second kappa shape index (κ2) is 6.35. The van der Waals surface area contributed by atoms with Gasteiger partial charge in [0.1, 0.15) is 0 Å². The summed E-state index contributed by atoms with van der Waals surface area (Å²) < 4.78 is 5.52. The first-order valence-electron chi connectivity index (χ1n) is 5.31. The largest absolute Gasteiger partial charge is 0.379 e. The lowest BCUT2D eigenvalue weighted by molar-refractivity contribution is 0.106. The lowest BCUT2D eigenvalue weighted by Gasteiger charge is -2.15. The molecular formula is C10H22N2O. The first-order chi connectivity index (χ1) is 6.33. The molecule has 1 aliphatic rings. The van der Waals surface area contributed by atoms with Gasteiger partial charge in [-0.2, -0.15) is 0 Å². The third-order valence-corrected chi connectivity index (χ3v) is 2.31. The van der Waals surface area contributed by atoms with E-state index in [2.05, 4.69) is 23.8 Å². The molecule has 0 amide bonds. The summed E-state index contributed by atoms with van der Waals surface area (Å²) in [6.45, 7) is 9.90. The first-order valence-corrected chi connectivity index (χ1v) is 5.31. The van der Waals surface area contributed by atoms with Crippen molar-refractivity contribution >= 4 is 0 Å². The maximum Gasteiger partial charge on any atom is 0.0594 e. The van der Waals surface area contributed by atoms with Crippen LogP contribution < -0.4 is 0 Å². The van der Waals surface area contributed by atoms with Crippen LogP contribution in [-0.4, -0.2) is 62.8 Å². The van der Waals surface area contributed by atoms with E-state index in [0.29, 0.717) is 0 Å². The molecule has 1 saturated heterocycles. The van der Waals surface area contributed by atoms with Crippen LogP contribution in [0.15, 0.2) is 0 Å². The predicted molar refractivity (Wildman–Crippen MR) is 55.0 cm³/mol. The molecule has 3 nitrogen and oxygen atoms in total. The monoisotopic (exact) mass is 186 g/mol. The highest BCUT2D eigenvalue weighted by Crippen LogP contribution is 2.00. The van der Waals surface area contributed by atoms with E-state index < -0.39 is 0 Å². The average molecular weight is 186 g/mol. The van der Waals surface area contributed by atoms with Gasteiger partial charge in [-0.25, -0.2) is 0 Å². The Morgan fingerprint density at radius 3 is 2.62 bits per heavy atom. The Bertz CT molecular complexity index is 126. The molecular weight excluding hydrogens is 164 g/mol. The molecule has 1 rings (SSSR count). The average Bonchev–Trinajstić information content (AvgIpc) is 2.88. The van der Waals surface area contributed by atoms with E-state index in [4.69, 9.17) is 4.74 Å². The minimum atomic E-state index is 0.879. The van der Waals surface area contributed by atoms with Gasteiger partial charge in [0.15, 0.2) is 0 Å². The van der Waals surface area contributed by atoms with Gasteiger partial charge in [0.25, 0.3) is 0 Å². The lowest BCUT2D eigenvalue weighted by atomic mass is 10.4. The van der Waals surface area contributed by atoms with Gasteiger partial charge in [0, 0.05) is 26.2 Å². The Labute approximate surface area is 81.7 Å². The zero-order chi connectivity index (χ0) is 9.52. The highest BCUT2D eigenvalue weighted by atomic mass is 16.5. The minimum absolute atomic E-state index is 0.879. The molecule has 0 spiro atoms. The van der Waals surface area contributed by atoms with Crippen LogP contribution in [0, 0.1) is 0 Å². The van der Waals surface area contributed by atoms with Crippen molar-refractivity contribution < 1.29 is 4.74 Å². The summed E-state index contributed by atoms with van der Waals surface area (Å²) in [6, 6.07) is 0. The topological polar surface area (TPSA) is 15.5 Å². The SMILES string of the molecule is CCCN(C)CCOCCN1CC1. The molecule has 0 radical (unpaired) electrons. The molecule has 0 bridgehead atoms. The Kier molecular flexibility index (Phi) is 5.35. The lowest BCUT2D eigenvalue weighted by Crippen LogP contribution is -2.24. The molecule has 78 valence electrons. The van der Waals surface area contributed by atoms with E-state index in [1.807, 2.05) is 0 Å². The summed E-state index contributed by atoms with van der Waals surface area (Å²) in [5.41, 5.74) is 0. The molecule has 0 aromatic carbocycles. The number of ether oxygens (including phenoxy) is 1. The van der Waals surface area contributed by atoms with Crippen molar-refractivity contribution in [1.29, 1.82) is 0 Å². The van der Waals surface area contributed by atoms with E-state index in [-0.39, 0.29) is 0 Å². The van der Waals surface area contributed by atoms with Crippen LogP contribution in [0.3, 0.4) is 0 Å². The molecule has 13 heavy (non-hydrogen) atoms. The fraction of sp³-hybridized carbons (Fsp3) is 1.00. The van der Waals surface area contributed by atoms with Crippen molar-refractivity contribution in [3.63, 3.8) is 0 Å². The standard InChI is InChI=1S/C10H22N2O/c1-3-4-11(2)7-9-13-10-8-12-5-6-12/h3-10H2,1-2H3. The molecule has 1 fully saturated rings. The van der Waals surface area contributed by atoms with E-state index in [9.17, 15) is 0 Å². The van der Waals surface area contributed by atoms with Crippen molar-refractivity contribution in [2.24, 2.45) is 0 Å². The van der Waals surface area contributed by atoms with Crippen LogP contribution >= 0.6 is 0 Å². The van der Waals surface area contributed by atoms with E-state index >= 15 is 0 Å². The van der Waals surface area contributed by atoms with Gasteiger partial charge in [-0.3, -0.25) is 4.90 Å². The number of nitrogens with zero attached hydrogens (tertiary/aromatic N) is 2. The normalized spacial score (nSPS) is 16.8. The molecule has 1 aliphatic heterocycles. The fourth-order valence-corrected chi connectivity index (χ4v) is 1.30. The van der Waals surface area contributed by atoms with Crippen molar-refractivity contribution in [3.05, 3.63) is 0 Å². The van der Waals surface area contributed by atoms with E-state index in [1.54, 1.807) is 0 Å². The Morgan fingerprint density at radius 2 is 2.00 bits per heavy atom. The van der Waals surface area contributed by atoms with Gasteiger partial charge in [-0.15, -0.1) is 0 Å². The molecule has 0 atom stereocenters.